The maximum Gasteiger partial charge on any atom is 0.242 e. The van der Waals surface area contributed by atoms with Gasteiger partial charge in [0, 0.05) is 42.2 Å². The predicted molar refractivity (Wildman–Crippen MR) is 140 cm³/mol. The van der Waals surface area contributed by atoms with E-state index >= 15 is 0 Å². The summed E-state index contributed by atoms with van der Waals surface area (Å²) in [6.07, 6.45) is 1.77. The molecule has 8 nitrogen and oxygen atoms in total. The number of amides is 2. The van der Waals surface area contributed by atoms with E-state index in [2.05, 4.69) is 5.32 Å². The summed E-state index contributed by atoms with van der Waals surface area (Å²) < 4.78 is 31.2. The zero-order valence-electron chi connectivity index (χ0n) is 20.3. The largest absolute Gasteiger partial charge is 0.497 e. The number of carbonyl (C=O) groups excluding carboxylic acids is 2. The molecule has 0 aliphatic carbocycles. The Labute approximate surface area is 217 Å². The van der Waals surface area contributed by atoms with E-state index in [9.17, 15) is 18.0 Å². The van der Waals surface area contributed by atoms with Crippen LogP contribution in [0.25, 0.3) is 0 Å². The first-order valence-corrected chi connectivity index (χ1v) is 13.7. The average molecular weight is 545 g/mol. The normalized spacial score (nSPS) is 12.1. The van der Waals surface area contributed by atoms with Gasteiger partial charge in [0.25, 0.3) is 0 Å². The van der Waals surface area contributed by atoms with Crippen LogP contribution in [0, 0.1) is 0 Å². The van der Waals surface area contributed by atoms with E-state index in [4.69, 9.17) is 27.9 Å². The Balaban J connectivity index is 2.23. The molecule has 0 aromatic heterocycles. The standard InChI is InChI=1S/C24H31Cl2N3O5S/c1-5-22(24(31)27-2)28(16-19-20(25)8-6-9-21(19)26)23(30)10-7-15-29(35(4,32)33)17-11-13-18(34-3)14-12-17/h6,8-9,11-14,22H,5,7,10,15-16H2,1-4H3,(H,27,31)/t22-/m1/s1. The number of anilines is 1. The number of nitrogens with one attached hydrogen (secondary N) is 1. The fourth-order valence-corrected chi connectivity index (χ4v) is 5.17. The highest BCUT2D eigenvalue weighted by molar-refractivity contribution is 7.92. The first-order valence-electron chi connectivity index (χ1n) is 11.1. The molecule has 2 aromatic rings. The van der Waals surface area contributed by atoms with Crippen molar-refractivity contribution < 1.29 is 22.7 Å². The van der Waals surface area contributed by atoms with Gasteiger partial charge in [0.1, 0.15) is 11.8 Å². The molecule has 1 atom stereocenters. The third kappa shape index (κ3) is 7.75. The van der Waals surface area contributed by atoms with Crippen molar-refractivity contribution in [3.8, 4) is 5.75 Å². The molecule has 1 N–H and O–H groups in total. The van der Waals surface area contributed by atoms with Crippen LogP contribution in [0.3, 0.4) is 0 Å². The zero-order valence-corrected chi connectivity index (χ0v) is 22.6. The minimum atomic E-state index is -3.59. The van der Waals surface area contributed by atoms with Gasteiger partial charge in [-0.1, -0.05) is 36.2 Å². The Morgan fingerprint density at radius 3 is 2.17 bits per heavy atom. The second-order valence-corrected chi connectivity index (χ2v) is 10.6. The smallest absolute Gasteiger partial charge is 0.242 e. The molecule has 35 heavy (non-hydrogen) atoms. The van der Waals surface area contributed by atoms with Gasteiger partial charge in [-0.05, 0) is 49.2 Å². The highest BCUT2D eigenvalue weighted by Gasteiger charge is 2.29. The monoisotopic (exact) mass is 543 g/mol. The Morgan fingerprint density at radius 1 is 1.09 bits per heavy atom. The maximum absolute atomic E-state index is 13.3. The highest BCUT2D eigenvalue weighted by atomic mass is 35.5. The number of halogens is 2. The number of carbonyl (C=O) groups is 2. The van der Waals surface area contributed by atoms with E-state index in [0.29, 0.717) is 33.5 Å². The fraction of sp³-hybridized carbons (Fsp3) is 0.417. The van der Waals surface area contributed by atoms with Gasteiger partial charge in [-0.25, -0.2) is 8.42 Å². The van der Waals surface area contributed by atoms with Gasteiger partial charge in [0.15, 0.2) is 0 Å². The van der Waals surface area contributed by atoms with Crippen LogP contribution in [0.4, 0.5) is 5.69 Å². The lowest BCUT2D eigenvalue weighted by atomic mass is 10.1. The molecule has 0 bridgehead atoms. The molecular weight excluding hydrogens is 513 g/mol. The summed E-state index contributed by atoms with van der Waals surface area (Å²) in [7, 11) is -0.550. The van der Waals surface area contributed by atoms with E-state index in [0.717, 1.165) is 6.26 Å². The molecule has 11 heteroatoms. The maximum atomic E-state index is 13.3. The van der Waals surface area contributed by atoms with Gasteiger partial charge in [0.2, 0.25) is 21.8 Å². The minimum absolute atomic E-state index is 0.0255. The molecule has 2 aromatic carbocycles. The summed E-state index contributed by atoms with van der Waals surface area (Å²) in [4.78, 5) is 27.3. The number of methoxy groups -OCH3 is 1. The van der Waals surface area contributed by atoms with Crippen LogP contribution in [0.2, 0.25) is 10.0 Å². The first kappa shape index (κ1) is 28.7. The van der Waals surface area contributed by atoms with Gasteiger partial charge in [-0.15, -0.1) is 0 Å². The molecule has 0 aliphatic rings. The van der Waals surface area contributed by atoms with Crippen molar-refractivity contribution >= 4 is 50.7 Å². The van der Waals surface area contributed by atoms with Crippen molar-refractivity contribution in [2.24, 2.45) is 0 Å². The number of sulfonamides is 1. The molecule has 0 unspecified atom stereocenters. The Kier molecular flexibility index (Phi) is 10.7. The van der Waals surface area contributed by atoms with Crippen molar-refractivity contribution in [1.82, 2.24) is 10.2 Å². The molecule has 0 spiro atoms. The van der Waals surface area contributed by atoms with Crippen LogP contribution in [-0.2, 0) is 26.2 Å². The highest BCUT2D eigenvalue weighted by Crippen LogP contribution is 2.28. The van der Waals surface area contributed by atoms with Crippen LogP contribution in [0.5, 0.6) is 5.75 Å². The van der Waals surface area contributed by atoms with Gasteiger partial charge in [-0.2, -0.15) is 0 Å². The summed E-state index contributed by atoms with van der Waals surface area (Å²) in [5.74, 6) is -0.00861. The van der Waals surface area contributed by atoms with Gasteiger partial charge >= 0.3 is 0 Å². The summed E-state index contributed by atoms with van der Waals surface area (Å²) >= 11 is 12.6. The number of hydrogen-bond donors (Lipinski definition) is 1. The summed E-state index contributed by atoms with van der Waals surface area (Å²) in [6.45, 7) is 1.95. The Hall–Kier alpha value is -2.49. The summed E-state index contributed by atoms with van der Waals surface area (Å²) in [5.41, 5.74) is 1.01. The third-order valence-electron chi connectivity index (χ3n) is 5.54. The van der Waals surface area contributed by atoms with Crippen LogP contribution >= 0.6 is 23.2 Å². The van der Waals surface area contributed by atoms with Crippen molar-refractivity contribution in [1.29, 1.82) is 0 Å². The van der Waals surface area contributed by atoms with Crippen molar-refractivity contribution in [2.45, 2.75) is 38.8 Å². The number of likely N-dealkylation sites (N-methyl/N-ethyl adjacent to an activating group) is 1. The lowest BCUT2D eigenvalue weighted by molar-refractivity contribution is -0.141. The number of ether oxygens (including phenoxy) is 1. The second-order valence-electron chi connectivity index (χ2n) is 7.90. The number of rotatable bonds is 12. The summed E-state index contributed by atoms with van der Waals surface area (Å²) in [6, 6.07) is 10.9. The van der Waals surface area contributed by atoms with Crippen molar-refractivity contribution in [2.75, 3.05) is 31.3 Å². The van der Waals surface area contributed by atoms with Crippen LogP contribution in [0.1, 0.15) is 31.7 Å². The molecule has 0 aliphatic heterocycles. The van der Waals surface area contributed by atoms with E-state index < -0.39 is 16.1 Å². The molecule has 192 valence electrons. The number of hydrogen-bond acceptors (Lipinski definition) is 5. The molecule has 2 rings (SSSR count). The quantitative estimate of drug-likeness (QED) is 0.434. The SMILES string of the molecule is CC[C@H](C(=O)NC)N(Cc1c(Cl)cccc1Cl)C(=O)CCCN(c1ccc(OC)cc1)S(C)(=O)=O. The minimum Gasteiger partial charge on any atom is -0.497 e. The van der Waals surface area contributed by atoms with Gasteiger partial charge in [-0.3, -0.25) is 13.9 Å². The van der Waals surface area contributed by atoms with Gasteiger partial charge in [0.05, 0.1) is 19.1 Å². The third-order valence-corrected chi connectivity index (χ3v) is 7.44. The van der Waals surface area contributed by atoms with Crippen LogP contribution in [-0.4, -0.2) is 58.1 Å². The average Bonchev–Trinajstić information content (AvgIpc) is 2.82. The van der Waals surface area contributed by atoms with E-state index in [-0.39, 0.29) is 37.7 Å². The van der Waals surface area contributed by atoms with E-state index in [1.807, 2.05) is 6.92 Å². The topological polar surface area (TPSA) is 96.0 Å². The molecule has 0 heterocycles. The Morgan fingerprint density at radius 2 is 1.69 bits per heavy atom. The lowest BCUT2D eigenvalue weighted by Crippen LogP contribution is -2.48. The van der Waals surface area contributed by atoms with Crippen LogP contribution < -0.4 is 14.4 Å². The molecule has 2 amide bonds. The Bertz CT molecular complexity index is 1110. The van der Waals surface area contributed by atoms with E-state index in [1.165, 1.54) is 23.4 Å². The van der Waals surface area contributed by atoms with Gasteiger partial charge < -0.3 is 15.0 Å². The predicted octanol–water partition coefficient (Wildman–Crippen LogP) is 4.10. The number of nitrogens with zero attached hydrogens (tertiary/aromatic N) is 2. The first-order chi connectivity index (χ1) is 16.5. The van der Waals surface area contributed by atoms with E-state index in [1.54, 1.807) is 42.5 Å². The van der Waals surface area contributed by atoms with Crippen molar-refractivity contribution in [3.05, 3.63) is 58.1 Å². The summed E-state index contributed by atoms with van der Waals surface area (Å²) in [5, 5.41) is 3.38. The second kappa shape index (κ2) is 13.0. The fourth-order valence-electron chi connectivity index (χ4n) is 3.69. The molecule has 0 saturated heterocycles. The van der Waals surface area contributed by atoms with Crippen molar-refractivity contribution in [3.63, 3.8) is 0 Å². The van der Waals surface area contributed by atoms with Crippen LogP contribution in [0.15, 0.2) is 42.5 Å². The number of benzene rings is 2. The zero-order chi connectivity index (χ0) is 26.2. The molecular formula is C24H31Cl2N3O5S. The molecule has 0 saturated carbocycles. The lowest BCUT2D eigenvalue weighted by Gasteiger charge is -2.31. The molecule has 0 fully saturated rings. The molecule has 0 radical (unpaired) electrons.